The lowest BCUT2D eigenvalue weighted by atomic mass is 10.2. The zero-order valence-corrected chi connectivity index (χ0v) is 21.7. The number of hydrogen-bond donors (Lipinski definition) is 1. The highest BCUT2D eigenvalue weighted by Crippen LogP contribution is 2.34. The number of rotatable bonds is 10. The van der Waals surface area contributed by atoms with Crippen molar-refractivity contribution in [2.24, 2.45) is 4.99 Å². The number of nitrogens with one attached hydrogen (secondary N) is 1. The first kappa shape index (κ1) is 26.2. The molecule has 1 N–H and O–H groups in total. The van der Waals surface area contributed by atoms with Gasteiger partial charge in [-0.05, 0) is 73.1 Å². The first-order valence-electron chi connectivity index (χ1n) is 12.0. The summed E-state index contributed by atoms with van der Waals surface area (Å²) in [5.74, 6) is 0.254. The highest BCUT2D eigenvalue weighted by molar-refractivity contribution is 8.18. The minimum Gasteiger partial charge on any atom is -0.484 e. The fourth-order valence-corrected chi connectivity index (χ4v) is 4.59. The van der Waals surface area contributed by atoms with Gasteiger partial charge in [0.25, 0.3) is 11.8 Å². The van der Waals surface area contributed by atoms with Gasteiger partial charge in [0, 0.05) is 25.9 Å². The summed E-state index contributed by atoms with van der Waals surface area (Å²) in [6.07, 6.45) is 2.56. The van der Waals surface area contributed by atoms with Crippen LogP contribution in [0.15, 0.2) is 88.8 Å². The van der Waals surface area contributed by atoms with Crippen molar-refractivity contribution in [1.29, 1.82) is 0 Å². The van der Waals surface area contributed by atoms with Gasteiger partial charge in [-0.15, -0.1) is 0 Å². The van der Waals surface area contributed by atoms with Gasteiger partial charge in [0.1, 0.15) is 5.75 Å². The second kappa shape index (κ2) is 12.9. The molecule has 3 aromatic carbocycles. The third-order valence-corrected chi connectivity index (χ3v) is 6.49. The smallest absolute Gasteiger partial charge is 0.266 e. The van der Waals surface area contributed by atoms with E-state index >= 15 is 0 Å². The molecule has 8 heteroatoms. The maximum atomic E-state index is 13.2. The van der Waals surface area contributed by atoms with Gasteiger partial charge in [0.2, 0.25) is 0 Å². The lowest BCUT2D eigenvalue weighted by Gasteiger charge is -2.15. The number of carbonyl (C=O) groups is 2. The molecule has 0 aliphatic carbocycles. The summed E-state index contributed by atoms with van der Waals surface area (Å²) in [5, 5.41) is 3.46. The first-order valence-corrected chi connectivity index (χ1v) is 12.8. The highest BCUT2D eigenvalue weighted by atomic mass is 32.2. The molecule has 4 rings (SSSR count). The van der Waals surface area contributed by atoms with Crippen LogP contribution in [0.3, 0.4) is 0 Å². The molecule has 1 saturated heterocycles. The summed E-state index contributed by atoms with van der Waals surface area (Å²) >= 11 is 1.36. The van der Waals surface area contributed by atoms with Gasteiger partial charge in [-0.3, -0.25) is 14.5 Å². The van der Waals surface area contributed by atoms with Crippen molar-refractivity contribution in [3.05, 3.63) is 94.9 Å². The Morgan fingerprint density at radius 3 is 2.46 bits per heavy atom. The fraction of sp³-hybridized carbons (Fsp3) is 0.207. The molecule has 1 aliphatic rings. The van der Waals surface area contributed by atoms with E-state index in [2.05, 4.69) is 5.32 Å². The molecule has 0 spiro atoms. The number of carbonyl (C=O) groups excluding carboxylic acids is 2. The van der Waals surface area contributed by atoms with E-state index < -0.39 is 0 Å². The van der Waals surface area contributed by atoms with Crippen molar-refractivity contribution in [3.63, 3.8) is 0 Å². The third kappa shape index (κ3) is 7.55. The van der Waals surface area contributed by atoms with E-state index in [1.54, 1.807) is 24.1 Å². The van der Waals surface area contributed by atoms with E-state index in [4.69, 9.17) is 14.5 Å². The normalized spacial score (nSPS) is 15.4. The molecule has 2 amide bonds. The molecule has 0 aromatic heterocycles. The van der Waals surface area contributed by atoms with Crippen LogP contribution in [0.5, 0.6) is 5.75 Å². The topological polar surface area (TPSA) is 80.2 Å². The number of anilines is 1. The van der Waals surface area contributed by atoms with Crippen LogP contribution in [-0.4, -0.2) is 48.8 Å². The SMILES string of the molecule is COCCCN1C(=O)/C(=C/c2ccc(OCC(=O)Nc3ccc(C)cc3)cc2)SC1=Nc1ccccc1. The average Bonchev–Trinajstić information content (AvgIpc) is 3.19. The van der Waals surface area contributed by atoms with Gasteiger partial charge in [0.15, 0.2) is 11.8 Å². The number of aliphatic imine (C=N–C) groups is 1. The Bertz CT molecular complexity index is 1270. The Balaban J connectivity index is 1.40. The van der Waals surface area contributed by atoms with Crippen LogP contribution < -0.4 is 10.1 Å². The Labute approximate surface area is 221 Å². The number of benzene rings is 3. The van der Waals surface area contributed by atoms with E-state index in [0.29, 0.717) is 35.4 Å². The number of amides is 2. The Hall–Kier alpha value is -3.88. The van der Waals surface area contributed by atoms with Crippen LogP contribution in [0.25, 0.3) is 6.08 Å². The zero-order valence-electron chi connectivity index (χ0n) is 20.8. The van der Waals surface area contributed by atoms with Gasteiger partial charge >= 0.3 is 0 Å². The highest BCUT2D eigenvalue weighted by Gasteiger charge is 2.33. The number of hydrogen-bond acceptors (Lipinski definition) is 6. The minimum absolute atomic E-state index is 0.0797. The quantitative estimate of drug-likeness (QED) is 0.279. The van der Waals surface area contributed by atoms with Crippen molar-refractivity contribution in [2.45, 2.75) is 13.3 Å². The first-order chi connectivity index (χ1) is 18.0. The summed E-state index contributed by atoms with van der Waals surface area (Å²) in [5.41, 5.74) is 3.50. The van der Waals surface area contributed by atoms with Crippen LogP contribution in [0.4, 0.5) is 11.4 Å². The monoisotopic (exact) mass is 515 g/mol. The van der Waals surface area contributed by atoms with Gasteiger partial charge in [-0.1, -0.05) is 48.0 Å². The largest absolute Gasteiger partial charge is 0.484 e. The molecule has 0 bridgehead atoms. The van der Waals surface area contributed by atoms with E-state index in [1.165, 1.54) is 11.8 Å². The Kier molecular flexibility index (Phi) is 9.13. The van der Waals surface area contributed by atoms with E-state index in [-0.39, 0.29) is 18.4 Å². The Morgan fingerprint density at radius 2 is 1.76 bits per heavy atom. The van der Waals surface area contributed by atoms with Crippen LogP contribution in [0, 0.1) is 6.92 Å². The maximum absolute atomic E-state index is 13.2. The molecule has 1 fully saturated rings. The fourth-order valence-electron chi connectivity index (χ4n) is 3.56. The number of para-hydroxylation sites is 1. The van der Waals surface area contributed by atoms with Crippen molar-refractivity contribution in [3.8, 4) is 5.75 Å². The number of amidine groups is 1. The molecule has 1 heterocycles. The molecule has 0 radical (unpaired) electrons. The second-order valence-electron chi connectivity index (χ2n) is 8.42. The molecule has 7 nitrogen and oxygen atoms in total. The van der Waals surface area contributed by atoms with Crippen molar-refractivity contribution < 1.29 is 19.1 Å². The number of ether oxygens (including phenoxy) is 2. The van der Waals surface area contributed by atoms with Gasteiger partial charge in [-0.2, -0.15) is 0 Å². The zero-order chi connectivity index (χ0) is 26.0. The van der Waals surface area contributed by atoms with E-state index in [0.717, 1.165) is 22.5 Å². The van der Waals surface area contributed by atoms with Crippen LogP contribution >= 0.6 is 11.8 Å². The molecule has 190 valence electrons. The van der Waals surface area contributed by atoms with Crippen molar-refractivity contribution in [1.82, 2.24) is 4.90 Å². The molecule has 0 atom stereocenters. The minimum atomic E-state index is -0.234. The summed E-state index contributed by atoms with van der Waals surface area (Å²) in [6, 6.07) is 24.5. The molecular weight excluding hydrogens is 486 g/mol. The maximum Gasteiger partial charge on any atom is 0.266 e. The lowest BCUT2D eigenvalue weighted by molar-refractivity contribution is -0.122. The predicted molar refractivity (Wildman–Crippen MR) is 149 cm³/mol. The summed E-state index contributed by atoms with van der Waals surface area (Å²) in [6.45, 7) is 2.99. The van der Waals surface area contributed by atoms with Crippen LogP contribution in [-0.2, 0) is 14.3 Å². The molecular formula is C29H29N3O4S. The molecule has 3 aromatic rings. The predicted octanol–water partition coefficient (Wildman–Crippen LogP) is 5.65. The molecule has 0 saturated carbocycles. The van der Waals surface area contributed by atoms with Crippen LogP contribution in [0.2, 0.25) is 0 Å². The second-order valence-corrected chi connectivity index (χ2v) is 9.42. The number of methoxy groups -OCH3 is 1. The van der Waals surface area contributed by atoms with Crippen molar-refractivity contribution in [2.75, 3.05) is 32.2 Å². The van der Waals surface area contributed by atoms with Crippen LogP contribution in [0.1, 0.15) is 17.5 Å². The molecule has 0 unspecified atom stereocenters. The van der Waals surface area contributed by atoms with E-state index in [9.17, 15) is 9.59 Å². The van der Waals surface area contributed by atoms with Crippen molar-refractivity contribution >= 4 is 46.2 Å². The standard InChI is InChI=1S/C29H29N3O4S/c1-21-9-13-24(14-10-21)30-27(33)20-36-25-15-11-22(12-16-25)19-26-28(34)32(17-6-18-35-2)29(37-26)31-23-7-4-3-5-8-23/h3-5,7-16,19H,6,17-18,20H2,1-2H3,(H,30,33)/b26-19-,31-29?. The number of nitrogens with zero attached hydrogens (tertiary/aromatic N) is 2. The van der Waals surface area contributed by atoms with E-state index in [1.807, 2.05) is 79.7 Å². The number of aryl methyl sites for hydroxylation is 1. The lowest BCUT2D eigenvalue weighted by Crippen LogP contribution is -2.30. The molecule has 37 heavy (non-hydrogen) atoms. The Morgan fingerprint density at radius 1 is 1.03 bits per heavy atom. The summed E-state index contributed by atoms with van der Waals surface area (Å²) in [7, 11) is 1.65. The van der Waals surface area contributed by atoms with Gasteiger partial charge in [-0.25, -0.2) is 4.99 Å². The number of thioether (sulfide) groups is 1. The summed E-state index contributed by atoms with van der Waals surface area (Å²) < 4.78 is 10.8. The third-order valence-electron chi connectivity index (χ3n) is 5.48. The summed E-state index contributed by atoms with van der Waals surface area (Å²) in [4.78, 5) is 32.3. The molecule has 1 aliphatic heterocycles. The average molecular weight is 516 g/mol. The van der Waals surface area contributed by atoms with Gasteiger partial charge < -0.3 is 14.8 Å². The van der Waals surface area contributed by atoms with Gasteiger partial charge in [0.05, 0.1) is 10.6 Å².